The van der Waals surface area contributed by atoms with E-state index in [2.05, 4.69) is 13.0 Å². The number of hydrogen-bond acceptors (Lipinski definition) is 1. The molecule has 0 aliphatic carbocycles. The van der Waals surface area contributed by atoms with Crippen molar-refractivity contribution in [2.45, 2.75) is 39.0 Å². The highest BCUT2D eigenvalue weighted by Crippen LogP contribution is 2.09. The molecule has 1 amide bonds. The molecule has 2 heteroatoms. The molecule has 0 aromatic rings. The molecule has 0 atom stereocenters. The van der Waals surface area contributed by atoms with Gasteiger partial charge in [-0.3, -0.25) is 4.79 Å². The Morgan fingerprint density at radius 3 is 2.83 bits per heavy atom. The van der Waals surface area contributed by atoms with E-state index in [0.717, 1.165) is 19.4 Å². The smallest absolute Gasteiger partial charge is 0.228 e. The molecule has 1 saturated heterocycles. The van der Waals surface area contributed by atoms with Crippen molar-refractivity contribution in [2.75, 3.05) is 6.54 Å². The first kappa shape index (κ1) is 9.30. The molecule has 0 unspecified atom stereocenters. The second kappa shape index (κ2) is 4.96. The molecule has 0 spiro atoms. The first-order valence-corrected chi connectivity index (χ1v) is 4.80. The number of allylic oxidation sites excluding steroid dienone is 1. The first-order valence-electron chi connectivity index (χ1n) is 4.80. The first-order chi connectivity index (χ1) is 5.84. The van der Waals surface area contributed by atoms with Crippen LogP contribution in [0.25, 0.3) is 0 Å². The Hall–Kier alpha value is -0.790. The SMILES string of the molecule is CCCCC/C=C/N1CCC1=O. The van der Waals surface area contributed by atoms with Crippen LogP contribution >= 0.6 is 0 Å². The van der Waals surface area contributed by atoms with Gasteiger partial charge in [0.2, 0.25) is 5.91 Å². The largest absolute Gasteiger partial charge is 0.319 e. The van der Waals surface area contributed by atoms with Crippen LogP contribution in [0.4, 0.5) is 0 Å². The third-order valence-corrected chi connectivity index (χ3v) is 2.15. The van der Waals surface area contributed by atoms with E-state index in [1.807, 2.05) is 6.20 Å². The van der Waals surface area contributed by atoms with E-state index in [0.29, 0.717) is 0 Å². The fourth-order valence-electron chi connectivity index (χ4n) is 1.20. The lowest BCUT2D eigenvalue weighted by Crippen LogP contribution is -2.38. The molecule has 1 aliphatic rings. The molecule has 0 N–H and O–H groups in total. The van der Waals surface area contributed by atoms with Crippen molar-refractivity contribution in [1.29, 1.82) is 0 Å². The lowest BCUT2D eigenvalue weighted by molar-refractivity contribution is -0.136. The number of rotatable bonds is 5. The van der Waals surface area contributed by atoms with Crippen LogP contribution in [-0.2, 0) is 4.79 Å². The quantitative estimate of drug-likeness (QED) is 0.454. The summed E-state index contributed by atoms with van der Waals surface area (Å²) < 4.78 is 0. The lowest BCUT2D eigenvalue weighted by Gasteiger charge is -2.26. The van der Waals surface area contributed by atoms with Crippen molar-refractivity contribution in [3.8, 4) is 0 Å². The summed E-state index contributed by atoms with van der Waals surface area (Å²) in [7, 11) is 0. The minimum atomic E-state index is 0.266. The van der Waals surface area contributed by atoms with Crippen LogP contribution in [0.1, 0.15) is 39.0 Å². The Bertz CT molecular complexity index is 175. The molecule has 0 aromatic carbocycles. The van der Waals surface area contributed by atoms with Crippen molar-refractivity contribution in [2.24, 2.45) is 0 Å². The second-order valence-electron chi connectivity index (χ2n) is 3.22. The van der Waals surface area contributed by atoms with Gasteiger partial charge in [-0.05, 0) is 12.8 Å². The van der Waals surface area contributed by atoms with Crippen LogP contribution in [0.2, 0.25) is 0 Å². The van der Waals surface area contributed by atoms with Crippen LogP contribution < -0.4 is 0 Å². The molecule has 12 heavy (non-hydrogen) atoms. The number of carbonyl (C=O) groups is 1. The standard InChI is InChI=1S/C10H17NO/c1-2-3-4-5-6-8-11-9-7-10(11)12/h6,8H,2-5,7,9H2,1H3/b8-6+. The fourth-order valence-corrected chi connectivity index (χ4v) is 1.20. The molecule has 0 aromatic heterocycles. The minimum Gasteiger partial charge on any atom is -0.319 e. The molecule has 68 valence electrons. The zero-order valence-corrected chi connectivity index (χ0v) is 7.75. The Labute approximate surface area is 74.2 Å². The summed E-state index contributed by atoms with van der Waals surface area (Å²) in [5, 5.41) is 0. The van der Waals surface area contributed by atoms with Gasteiger partial charge in [0.15, 0.2) is 0 Å². The van der Waals surface area contributed by atoms with Crippen LogP contribution in [0.15, 0.2) is 12.3 Å². The topological polar surface area (TPSA) is 20.3 Å². The van der Waals surface area contributed by atoms with E-state index in [9.17, 15) is 4.79 Å². The lowest BCUT2D eigenvalue weighted by atomic mass is 10.2. The summed E-state index contributed by atoms with van der Waals surface area (Å²) in [5.41, 5.74) is 0. The number of unbranched alkanes of at least 4 members (excludes halogenated alkanes) is 3. The maximum Gasteiger partial charge on any atom is 0.228 e. The summed E-state index contributed by atoms with van der Waals surface area (Å²) in [6, 6.07) is 0. The molecule has 0 radical (unpaired) electrons. The predicted octanol–water partition coefficient (Wildman–Crippen LogP) is 2.31. The van der Waals surface area contributed by atoms with E-state index in [4.69, 9.17) is 0 Å². The number of amides is 1. The maximum atomic E-state index is 10.8. The zero-order chi connectivity index (χ0) is 8.81. The Balaban J connectivity index is 2.01. The van der Waals surface area contributed by atoms with Crippen molar-refractivity contribution in [1.82, 2.24) is 4.90 Å². The predicted molar refractivity (Wildman–Crippen MR) is 49.6 cm³/mol. The van der Waals surface area contributed by atoms with Crippen LogP contribution in [0.5, 0.6) is 0 Å². The molecular formula is C10H17NO. The molecule has 1 rings (SSSR count). The van der Waals surface area contributed by atoms with Gasteiger partial charge in [-0.1, -0.05) is 25.8 Å². The van der Waals surface area contributed by atoms with Gasteiger partial charge in [-0.15, -0.1) is 0 Å². The van der Waals surface area contributed by atoms with Crippen LogP contribution in [0, 0.1) is 0 Å². The second-order valence-corrected chi connectivity index (χ2v) is 3.22. The molecule has 1 aliphatic heterocycles. The van der Waals surface area contributed by atoms with E-state index < -0.39 is 0 Å². The molecule has 2 nitrogen and oxygen atoms in total. The van der Waals surface area contributed by atoms with E-state index in [1.54, 1.807) is 4.90 Å². The van der Waals surface area contributed by atoms with Gasteiger partial charge in [0.1, 0.15) is 0 Å². The van der Waals surface area contributed by atoms with Crippen LogP contribution in [-0.4, -0.2) is 17.4 Å². The van der Waals surface area contributed by atoms with Gasteiger partial charge in [-0.2, -0.15) is 0 Å². The summed E-state index contributed by atoms with van der Waals surface area (Å²) in [5.74, 6) is 0.266. The Morgan fingerprint density at radius 1 is 1.50 bits per heavy atom. The molecular weight excluding hydrogens is 150 g/mol. The number of hydrogen-bond donors (Lipinski definition) is 0. The normalized spacial score (nSPS) is 17.1. The van der Waals surface area contributed by atoms with Gasteiger partial charge < -0.3 is 4.90 Å². The highest BCUT2D eigenvalue weighted by molar-refractivity contribution is 5.82. The van der Waals surface area contributed by atoms with E-state index in [1.165, 1.54) is 19.3 Å². The average molecular weight is 167 g/mol. The number of nitrogens with zero attached hydrogens (tertiary/aromatic N) is 1. The maximum absolute atomic E-state index is 10.8. The van der Waals surface area contributed by atoms with Gasteiger partial charge in [0.05, 0.1) is 0 Å². The number of carbonyl (C=O) groups excluding carboxylic acids is 1. The Kier molecular flexibility index (Phi) is 3.85. The molecule has 0 bridgehead atoms. The van der Waals surface area contributed by atoms with Gasteiger partial charge in [0, 0.05) is 19.2 Å². The van der Waals surface area contributed by atoms with E-state index in [-0.39, 0.29) is 5.91 Å². The number of β-lactam (4-membered cyclic amide) rings is 1. The van der Waals surface area contributed by atoms with Gasteiger partial charge in [0.25, 0.3) is 0 Å². The average Bonchev–Trinajstić information content (AvgIpc) is 2.08. The number of likely N-dealkylation sites (tertiary alicyclic amines) is 1. The fraction of sp³-hybridized carbons (Fsp3) is 0.700. The molecule has 1 heterocycles. The highest BCUT2D eigenvalue weighted by Gasteiger charge is 2.20. The van der Waals surface area contributed by atoms with E-state index >= 15 is 0 Å². The van der Waals surface area contributed by atoms with Crippen molar-refractivity contribution >= 4 is 5.91 Å². The molecule has 0 saturated carbocycles. The highest BCUT2D eigenvalue weighted by atomic mass is 16.2. The minimum absolute atomic E-state index is 0.266. The van der Waals surface area contributed by atoms with Crippen LogP contribution in [0.3, 0.4) is 0 Å². The van der Waals surface area contributed by atoms with Gasteiger partial charge >= 0.3 is 0 Å². The summed E-state index contributed by atoms with van der Waals surface area (Å²) >= 11 is 0. The van der Waals surface area contributed by atoms with Crippen molar-refractivity contribution < 1.29 is 4.79 Å². The third-order valence-electron chi connectivity index (χ3n) is 2.15. The molecule has 1 fully saturated rings. The van der Waals surface area contributed by atoms with Crippen molar-refractivity contribution in [3.63, 3.8) is 0 Å². The zero-order valence-electron chi connectivity index (χ0n) is 7.75. The summed E-state index contributed by atoms with van der Waals surface area (Å²) in [6.07, 6.45) is 9.68. The summed E-state index contributed by atoms with van der Waals surface area (Å²) in [4.78, 5) is 12.6. The van der Waals surface area contributed by atoms with Crippen molar-refractivity contribution in [3.05, 3.63) is 12.3 Å². The summed E-state index contributed by atoms with van der Waals surface area (Å²) in [6.45, 7) is 3.12. The third kappa shape index (κ3) is 2.68. The monoisotopic (exact) mass is 167 g/mol. The van der Waals surface area contributed by atoms with Gasteiger partial charge in [-0.25, -0.2) is 0 Å². The Morgan fingerprint density at radius 2 is 2.33 bits per heavy atom.